The lowest BCUT2D eigenvalue weighted by molar-refractivity contribution is -0.117. The molecule has 18 heavy (non-hydrogen) atoms. The topological polar surface area (TPSA) is 41.5 Å². The van der Waals surface area contributed by atoms with Gasteiger partial charge in [0.1, 0.15) is 0 Å². The summed E-state index contributed by atoms with van der Waals surface area (Å²) in [4.78, 5) is 15.8. The monoisotopic (exact) mass is 300 g/mol. The molecule has 0 atom stereocenters. The summed E-state index contributed by atoms with van der Waals surface area (Å²) in [5.74, 6) is 2.24. The van der Waals surface area contributed by atoms with Gasteiger partial charge in [-0.3, -0.25) is 9.79 Å². The van der Waals surface area contributed by atoms with Gasteiger partial charge >= 0.3 is 0 Å². The van der Waals surface area contributed by atoms with Crippen LogP contribution in [0.2, 0.25) is 5.02 Å². The zero-order valence-electron chi connectivity index (χ0n) is 9.69. The third kappa shape index (κ3) is 4.55. The zero-order chi connectivity index (χ0) is 12.8. The first kappa shape index (κ1) is 13.8. The molecule has 96 valence electrons. The molecule has 1 aromatic rings. The first-order valence-corrected chi connectivity index (χ1v) is 8.05. The Bertz CT molecular complexity index is 448. The first-order valence-electron chi connectivity index (χ1n) is 5.53. The Morgan fingerprint density at radius 3 is 2.89 bits per heavy atom. The molecule has 2 rings (SSSR count). The lowest BCUT2D eigenvalue weighted by Gasteiger charge is -2.04. The number of amidine groups is 1. The molecular formula is C12H13ClN2OS2. The van der Waals surface area contributed by atoms with Crippen molar-refractivity contribution in [3.8, 4) is 0 Å². The number of carbonyl (C=O) groups is 1. The van der Waals surface area contributed by atoms with E-state index in [9.17, 15) is 4.79 Å². The average molecular weight is 301 g/mol. The Hall–Kier alpha value is -0.650. The van der Waals surface area contributed by atoms with Crippen LogP contribution in [-0.2, 0) is 10.5 Å². The van der Waals surface area contributed by atoms with E-state index in [4.69, 9.17) is 11.6 Å². The van der Waals surface area contributed by atoms with Crippen molar-refractivity contribution in [2.45, 2.75) is 5.75 Å². The summed E-state index contributed by atoms with van der Waals surface area (Å²) >= 11 is 8.99. The molecule has 1 aliphatic rings. The molecule has 0 bridgehead atoms. The molecule has 3 nitrogen and oxygen atoms in total. The lowest BCUT2D eigenvalue weighted by Crippen LogP contribution is -2.28. The van der Waals surface area contributed by atoms with E-state index in [2.05, 4.69) is 10.3 Å². The Balaban J connectivity index is 1.68. The molecule has 0 fully saturated rings. The SMILES string of the molecule is O=C(CSCc1ccc(Cl)cc1)NC1=NCCS1. The molecule has 1 amide bonds. The predicted octanol–water partition coefficient (Wildman–Crippen LogP) is 2.79. The maximum atomic E-state index is 11.6. The number of benzene rings is 1. The smallest absolute Gasteiger partial charge is 0.235 e. The molecule has 1 aliphatic heterocycles. The Kier molecular flexibility index (Phi) is 5.41. The number of amides is 1. The maximum Gasteiger partial charge on any atom is 0.235 e. The van der Waals surface area contributed by atoms with Crippen LogP contribution in [0.25, 0.3) is 0 Å². The minimum absolute atomic E-state index is 0.0158. The standard InChI is InChI=1S/C12H13ClN2OS2/c13-10-3-1-9(2-4-10)7-17-8-11(16)15-12-14-5-6-18-12/h1-4H,5-8H2,(H,14,15,16). The summed E-state index contributed by atoms with van der Waals surface area (Å²) in [5.41, 5.74) is 1.17. The summed E-state index contributed by atoms with van der Waals surface area (Å²) < 4.78 is 0. The maximum absolute atomic E-state index is 11.6. The summed E-state index contributed by atoms with van der Waals surface area (Å²) in [5, 5.41) is 4.30. The van der Waals surface area contributed by atoms with Gasteiger partial charge in [-0.25, -0.2) is 0 Å². The zero-order valence-corrected chi connectivity index (χ0v) is 12.1. The van der Waals surface area contributed by atoms with Crippen LogP contribution in [0.3, 0.4) is 0 Å². The van der Waals surface area contributed by atoms with Gasteiger partial charge in [0.25, 0.3) is 0 Å². The number of rotatable bonds is 4. The molecule has 0 aromatic heterocycles. The molecular weight excluding hydrogens is 288 g/mol. The van der Waals surface area contributed by atoms with Gasteiger partial charge in [0, 0.05) is 16.5 Å². The Morgan fingerprint density at radius 2 is 2.22 bits per heavy atom. The van der Waals surface area contributed by atoms with Crippen molar-refractivity contribution in [2.24, 2.45) is 4.99 Å². The Morgan fingerprint density at radius 1 is 1.44 bits per heavy atom. The number of aliphatic imine (C=N–C) groups is 1. The fraction of sp³-hybridized carbons (Fsp3) is 0.333. The number of nitrogens with zero attached hydrogens (tertiary/aromatic N) is 1. The van der Waals surface area contributed by atoms with Crippen LogP contribution < -0.4 is 5.32 Å². The molecule has 0 saturated carbocycles. The van der Waals surface area contributed by atoms with Gasteiger partial charge in [-0.1, -0.05) is 35.5 Å². The van der Waals surface area contributed by atoms with Gasteiger partial charge < -0.3 is 5.32 Å². The lowest BCUT2D eigenvalue weighted by atomic mass is 10.2. The number of hydrogen-bond donors (Lipinski definition) is 1. The second-order valence-electron chi connectivity index (χ2n) is 3.70. The normalized spacial score (nSPS) is 14.4. The second-order valence-corrected chi connectivity index (χ2v) is 6.21. The van der Waals surface area contributed by atoms with Gasteiger partial charge in [-0.05, 0) is 17.7 Å². The fourth-order valence-corrected chi connectivity index (χ4v) is 3.07. The Labute approximate surface area is 120 Å². The van der Waals surface area contributed by atoms with Crippen molar-refractivity contribution in [1.29, 1.82) is 0 Å². The minimum atomic E-state index is 0.0158. The number of hydrogen-bond acceptors (Lipinski definition) is 4. The van der Waals surface area contributed by atoms with E-state index in [1.165, 1.54) is 5.56 Å². The number of nitrogens with one attached hydrogen (secondary N) is 1. The van der Waals surface area contributed by atoms with Gasteiger partial charge in [-0.2, -0.15) is 0 Å². The van der Waals surface area contributed by atoms with E-state index in [1.807, 2.05) is 24.3 Å². The highest BCUT2D eigenvalue weighted by Crippen LogP contribution is 2.15. The van der Waals surface area contributed by atoms with Crippen LogP contribution in [0.5, 0.6) is 0 Å². The molecule has 6 heteroatoms. The van der Waals surface area contributed by atoms with Gasteiger partial charge in [-0.15, -0.1) is 11.8 Å². The average Bonchev–Trinajstić information content (AvgIpc) is 2.84. The van der Waals surface area contributed by atoms with Gasteiger partial charge in [0.15, 0.2) is 5.17 Å². The highest BCUT2D eigenvalue weighted by atomic mass is 35.5. The summed E-state index contributed by atoms with van der Waals surface area (Å²) in [6, 6.07) is 7.68. The van der Waals surface area contributed by atoms with Crippen LogP contribution in [0.4, 0.5) is 0 Å². The van der Waals surface area contributed by atoms with Crippen molar-refractivity contribution in [2.75, 3.05) is 18.1 Å². The van der Waals surface area contributed by atoms with E-state index in [0.29, 0.717) is 5.75 Å². The van der Waals surface area contributed by atoms with E-state index in [1.54, 1.807) is 23.5 Å². The van der Waals surface area contributed by atoms with Crippen molar-refractivity contribution >= 4 is 46.2 Å². The third-order valence-corrected chi connectivity index (χ3v) is 4.39. The molecule has 1 aromatic carbocycles. The van der Waals surface area contributed by atoms with Crippen molar-refractivity contribution in [3.05, 3.63) is 34.9 Å². The van der Waals surface area contributed by atoms with E-state index < -0.39 is 0 Å². The molecule has 0 radical (unpaired) electrons. The van der Waals surface area contributed by atoms with Crippen LogP contribution in [0.15, 0.2) is 29.3 Å². The van der Waals surface area contributed by atoms with E-state index in [-0.39, 0.29) is 5.91 Å². The van der Waals surface area contributed by atoms with E-state index >= 15 is 0 Å². The van der Waals surface area contributed by atoms with Crippen LogP contribution in [0, 0.1) is 0 Å². The largest absolute Gasteiger partial charge is 0.305 e. The minimum Gasteiger partial charge on any atom is -0.305 e. The number of thioether (sulfide) groups is 2. The summed E-state index contributed by atoms with van der Waals surface area (Å²) in [7, 11) is 0. The highest BCUT2D eigenvalue weighted by molar-refractivity contribution is 8.14. The summed E-state index contributed by atoms with van der Waals surface area (Å²) in [6.45, 7) is 0.804. The molecule has 0 unspecified atom stereocenters. The van der Waals surface area contributed by atoms with Gasteiger partial charge in [0.2, 0.25) is 5.91 Å². The van der Waals surface area contributed by atoms with Crippen molar-refractivity contribution < 1.29 is 4.79 Å². The van der Waals surface area contributed by atoms with Crippen LogP contribution >= 0.6 is 35.1 Å². The highest BCUT2D eigenvalue weighted by Gasteiger charge is 2.10. The van der Waals surface area contributed by atoms with Crippen LogP contribution in [0.1, 0.15) is 5.56 Å². The molecule has 0 aliphatic carbocycles. The van der Waals surface area contributed by atoms with Crippen LogP contribution in [-0.4, -0.2) is 29.1 Å². The predicted molar refractivity (Wildman–Crippen MR) is 80.5 cm³/mol. The van der Waals surface area contributed by atoms with Crippen molar-refractivity contribution in [1.82, 2.24) is 5.32 Å². The molecule has 1 N–H and O–H groups in total. The first-order chi connectivity index (χ1) is 8.74. The molecule has 0 saturated heterocycles. The number of carbonyl (C=O) groups excluding carboxylic acids is 1. The second kappa shape index (κ2) is 7.07. The fourth-order valence-electron chi connectivity index (χ4n) is 1.41. The molecule has 1 heterocycles. The number of halogens is 1. The van der Waals surface area contributed by atoms with Crippen molar-refractivity contribution in [3.63, 3.8) is 0 Å². The van der Waals surface area contributed by atoms with Gasteiger partial charge in [0.05, 0.1) is 12.3 Å². The quantitative estimate of drug-likeness (QED) is 0.929. The third-order valence-electron chi connectivity index (χ3n) is 2.25. The summed E-state index contributed by atoms with van der Waals surface area (Å²) in [6.07, 6.45) is 0. The van der Waals surface area contributed by atoms with E-state index in [0.717, 1.165) is 28.2 Å². The molecule has 0 spiro atoms.